The highest BCUT2D eigenvalue weighted by Crippen LogP contribution is 2.30. The van der Waals surface area contributed by atoms with Crippen LogP contribution in [0.1, 0.15) is 36.7 Å². The maximum Gasteiger partial charge on any atom is 0.287 e. The Balaban J connectivity index is 1.94. The topological polar surface area (TPSA) is 42.2 Å². The average molecular weight is 318 g/mol. The molecule has 1 heterocycles. The number of nitrogens with one attached hydrogen (secondary N) is 1. The normalized spacial score (nSPS) is 23.9. The van der Waals surface area contributed by atoms with Crippen molar-refractivity contribution < 1.29 is 9.21 Å². The molecule has 0 saturated heterocycles. The Morgan fingerprint density at radius 3 is 3.06 bits per heavy atom. The number of amides is 1. The average Bonchev–Trinajstić information content (AvgIpc) is 2.89. The summed E-state index contributed by atoms with van der Waals surface area (Å²) in [4.78, 5) is 11.9. The summed E-state index contributed by atoms with van der Waals surface area (Å²) in [6.45, 7) is 2.16. The van der Waals surface area contributed by atoms with Gasteiger partial charge in [-0.1, -0.05) is 13.3 Å². The second-order valence-electron chi connectivity index (χ2n) is 4.11. The quantitative estimate of drug-likeness (QED) is 0.924. The van der Waals surface area contributed by atoms with Gasteiger partial charge in [-0.2, -0.15) is 11.8 Å². The first kappa shape index (κ1) is 13.0. The van der Waals surface area contributed by atoms with Crippen LogP contribution < -0.4 is 5.32 Å². The van der Waals surface area contributed by atoms with E-state index in [0.717, 1.165) is 12.2 Å². The third-order valence-electron chi connectivity index (χ3n) is 2.95. The van der Waals surface area contributed by atoms with E-state index in [9.17, 15) is 4.79 Å². The van der Waals surface area contributed by atoms with Crippen LogP contribution in [0.4, 0.5) is 0 Å². The summed E-state index contributed by atoms with van der Waals surface area (Å²) in [5, 5.41) is 3.63. The highest BCUT2D eigenvalue weighted by molar-refractivity contribution is 9.10. The van der Waals surface area contributed by atoms with E-state index in [4.69, 9.17) is 4.42 Å². The lowest BCUT2D eigenvalue weighted by Crippen LogP contribution is -2.38. The molecule has 5 heteroatoms. The Bertz CT molecular complexity index is 394. The van der Waals surface area contributed by atoms with Crippen LogP contribution in [0.5, 0.6) is 0 Å². The summed E-state index contributed by atoms with van der Waals surface area (Å²) < 4.78 is 5.84. The molecule has 1 amide bonds. The van der Waals surface area contributed by atoms with E-state index in [0.29, 0.717) is 15.7 Å². The number of rotatable bonds is 4. The summed E-state index contributed by atoms with van der Waals surface area (Å²) in [7, 11) is 0. The molecule has 1 saturated carbocycles. The fourth-order valence-corrected chi connectivity index (χ4v) is 3.69. The summed E-state index contributed by atoms with van der Waals surface area (Å²) in [6.07, 6.45) is 3.47. The zero-order chi connectivity index (χ0) is 12.3. The maximum atomic E-state index is 11.9. The van der Waals surface area contributed by atoms with Gasteiger partial charge in [0.05, 0.1) is 0 Å². The van der Waals surface area contributed by atoms with Crippen molar-refractivity contribution in [1.82, 2.24) is 5.32 Å². The summed E-state index contributed by atoms with van der Waals surface area (Å²) in [6, 6.07) is 3.72. The van der Waals surface area contributed by atoms with Crippen molar-refractivity contribution in [1.29, 1.82) is 0 Å². The molecule has 1 fully saturated rings. The minimum absolute atomic E-state index is 0.107. The van der Waals surface area contributed by atoms with Crippen LogP contribution in [-0.2, 0) is 0 Å². The smallest absolute Gasteiger partial charge is 0.287 e. The minimum atomic E-state index is -0.107. The molecule has 1 aromatic heterocycles. The third-order valence-corrected chi connectivity index (χ3v) is 4.70. The van der Waals surface area contributed by atoms with Crippen LogP contribution >= 0.6 is 27.7 Å². The molecular weight excluding hydrogens is 302 g/mol. The van der Waals surface area contributed by atoms with Crippen molar-refractivity contribution in [3.63, 3.8) is 0 Å². The van der Waals surface area contributed by atoms with Gasteiger partial charge in [0, 0.05) is 11.3 Å². The number of furan rings is 1. The first-order valence-electron chi connectivity index (χ1n) is 5.88. The van der Waals surface area contributed by atoms with Gasteiger partial charge in [0.1, 0.15) is 0 Å². The molecule has 0 aliphatic heterocycles. The molecule has 2 unspecified atom stereocenters. The molecule has 3 nitrogen and oxygen atoms in total. The second kappa shape index (κ2) is 5.96. The van der Waals surface area contributed by atoms with Gasteiger partial charge < -0.3 is 9.73 Å². The van der Waals surface area contributed by atoms with E-state index in [1.165, 1.54) is 12.8 Å². The number of carbonyl (C=O) groups excluding carboxylic acids is 1. The molecule has 0 aromatic carbocycles. The lowest BCUT2D eigenvalue weighted by atomic mass is 10.2. The van der Waals surface area contributed by atoms with Gasteiger partial charge in [-0.3, -0.25) is 4.79 Å². The lowest BCUT2D eigenvalue weighted by Gasteiger charge is -2.19. The van der Waals surface area contributed by atoms with Crippen LogP contribution in [-0.4, -0.2) is 23.0 Å². The largest absolute Gasteiger partial charge is 0.444 e. The molecule has 1 aromatic rings. The van der Waals surface area contributed by atoms with Crippen molar-refractivity contribution >= 4 is 33.6 Å². The SMILES string of the molecule is CCSC1CCCC1NC(=O)c1ccc(Br)o1. The number of hydrogen-bond donors (Lipinski definition) is 1. The standard InChI is InChI=1S/C12H16BrNO2S/c1-2-17-10-5-3-4-8(10)14-12(15)9-6-7-11(13)16-9/h6-8,10H,2-5H2,1H3,(H,14,15). The predicted octanol–water partition coefficient (Wildman–Crippen LogP) is 3.45. The fourth-order valence-electron chi connectivity index (χ4n) is 2.18. The Morgan fingerprint density at radius 2 is 2.41 bits per heavy atom. The van der Waals surface area contributed by atoms with E-state index < -0.39 is 0 Å². The highest BCUT2D eigenvalue weighted by Gasteiger charge is 2.29. The minimum Gasteiger partial charge on any atom is -0.444 e. The monoisotopic (exact) mass is 317 g/mol. The Hall–Kier alpha value is -0.420. The highest BCUT2D eigenvalue weighted by atomic mass is 79.9. The zero-order valence-corrected chi connectivity index (χ0v) is 12.1. The fraction of sp³-hybridized carbons (Fsp3) is 0.583. The van der Waals surface area contributed by atoms with E-state index in [1.54, 1.807) is 12.1 Å². The van der Waals surface area contributed by atoms with E-state index in [1.807, 2.05) is 11.8 Å². The van der Waals surface area contributed by atoms with E-state index in [2.05, 4.69) is 28.2 Å². The van der Waals surface area contributed by atoms with E-state index in [-0.39, 0.29) is 11.9 Å². The Morgan fingerprint density at radius 1 is 1.59 bits per heavy atom. The van der Waals surface area contributed by atoms with Crippen LogP contribution in [0.2, 0.25) is 0 Å². The van der Waals surface area contributed by atoms with Crippen molar-refractivity contribution in [2.45, 2.75) is 37.5 Å². The van der Waals surface area contributed by atoms with Crippen molar-refractivity contribution in [2.24, 2.45) is 0 Å². The first-order chi connectivity index (χ1) is 8.20. The molecule has 1 aliphatic carbocycles. The molecule has 17 heavy (non-hydrogen) atoms. The summed E-state index contributed by atoms with van der Waals surface area (Å²) in [5.41, 5.74) is 0. The van der Waals surface area contributed by atoms with Crippen LogP contribution in [0.25, 0.3) is 0 Å². The van der Waals surface area contributed by atoms with Gasteiger partial charge in [0.25, 0.3) is 5.91 Å². The van der Waals surface area contributed by atoms with Crippen LogP contribution in [0, 0.1) is 0 Å². The van der Waals surface area contributed by atoms with Gasteiger partial charge in [0.2, 0.25) is 0 Å². The van der Waals surface area contributed by atoms with Crippen molar-refractivity contribution in [3.8, 4) is 0 Å². The van der Waals surface area contributed by atoms with Gasteiger partial charge in [-0.25, -0.2) is 0 Å². The Kier molecular flexibility index (Phi) is 4.56. The summed E-state index contributed by atoms with van der Waals surface area (Å²) >= 11 is 5.13. The van der Waals surface area contributed by atoms with Crippen LogP contribution in [0.3, 0.4) is 0 Å². The molecule has 0 spiro atoms. The van der Waals surface area contributed by atoms with Crippen molar-refractivity contribution in [3.05, 3.63) is 22.6 Å². The molecule has 2 rings (SSSR count). The first-order valence-corrected chi connectivity index (χ1v) is 7.72. The molecule has 94 valence electrons. The number of hydrogen-bond acceptors (Lipinski definition) is 3. The van der Waals surface area contributed by atoms with Gasteiger partial charge in [-0.05, 0) is 46.7 Å². The molecule has 1 aliphatic rings. The van der Waals surface area contributed by atoms with E-state index >= 15 is 0 Å². The molecule has 1 N–H and O–H groups in total. The maximum absolute atomic E-state index is 11.9. The Labute approximate surface area is 114 Å². The summed E-state index contributed by atoms with van der Waals surface area (Å²) in [5.74, 6) is 1.37. The number of thioether (sulfide) groups is 1. The van der Waals surface area contributed by atoms with Crippen molar-refractivity contribution in [2.75, 3.05) is 5.75 Å². The van der Waals surface area contributed by atoms with Crippen LogP contribution in [0.15, 0.2) is 21.2 Å². The zero-order valence-electron chi connectivity index (χ0n) is 9.74. The van der Waals surface area contributed by atoms with Gasteiger partial charge in [0.15, 0.2) is 10.4 Å². The number of halogens is 1. The third kappa shape index (κ3) is 3.28. The second-order valence-corrected chi connectivity index (χ2v) is 6.41. The van der Waals surface area contributed by atoms with Gasteiger partial charge in [-0.15, -0.1) is 0 Å². The lowest BCUT2D eigenvalue weighted by molar-refractivity contribution is 0.0909. The predicted molar refractivity (Wildman–Crippen MR) is 73.4 cm³/mol. The molecular formula is C12H16BrNO2S. The van der Waals surface area contributed by atoms with Gasteiger partial charge >= 0.3 is 0 Å². The molecule has 0 bridgehead atoms. The molecule has 2 atom stereocenters. The molecule has 0 radical (unpaired) electrons. The number of carbonyl (C=O) groups is 1.